The molecule has 0 aliphatic heterocycles. The Morgan fingerprint density at radius 1 is 1.16 bits per heavy atom. The van der Waals surface area contributed by atoms with E-state index in [0.717, 1.165) is 0 Å². The molecule has 0 aliphatic carbocycles. The number of Topliss-reactive ketones (excluding diaryl/α,β-unsaturated/α-hetero) is 1. The fraction of sp³-hybridized carbons (Fsp3) is 0.111. The Morgan fingerprint density at radius 2 is 1.68 bits per heavy atom. The lowest BCUT2D eigenvalue weighted by Gasteiger charge is -2.10. The first-order chi connectivity index (χ1) is 11.9. The smallest absolute Gasteiger partial charge is 0.206 e. The molecule has 0 unspecified atom stereocenters. The summed E-state index contributed by atoms with van der Waals surface area (Å²) in [6, 6.07) is 9.42. The Labute approximate surface area is 154 Å². The van der Waals surface area contributed by atoms with Crippen molar-refractivity contribution in [3.8, 4) is 23.3 Å². The zero-order valence-electron chi connectivity index (χ0n) is 13.3. The Hall–Kier alpha value is -2.68. The molecule has 0 spiro atoms. The van der Waals surface area contributed by atoms with E-state index in [2.05, 4.69) is 0 Å². The van der Waals surface area contributed by atoms with Gasteiger partial charge in [-0.05, 0) is 35.9 Å². The first-order valence-electron chi connectivity index (χ1n) is 6.98. The number of rotatable bonds is 5. The summed E-state index contributed by atoms with van der Waals surface area (Å²) in [5.74, 6) is -0.498. The number of allylic oxidation sites excluding steroid dienone is 1. The number of benzene rings is 2. The van der Waals surface area contributed by atoms with Gasteiger partial charge in [-0.25, -0.2) is 0 Å². The van der Waals surface area contributed by atoms with Gasteiger partial charge in [0.1, 0.15) is 11.6 Å². The van der Waals surface area contributed by atoms with Crippen molar-refractivity contribution in [3.05, 3.63) is 57.1 Å². The maximum atomic E-state index is 12.6. The molecule has 0 amide bonds. The number of methoxy groups -OCH3 is 2. The van der Waals surface area contributed by atoms with Gasteiger partial charge in [0.25, 0.3) is 0 Å². The number of ether oxygens (including phenoxy) is 2. The Morgan fingerprint density at radius 3 is 2.12 bits per heavy atom. The standard InChI is InChI=1S/C18H13Cl2NO4/c1-24-14-7-10(8-15(25-2)18(14)23)6-11(9-21)17(22)16-12(19)4-3-5-13(16)20/h3-8,23H,1-2H3. The predicted molar refractivity (Wildman–Crippen MR) is 95.6 cm³/mol. The largest absolute Gasteiger partial charge is 0.502 e. The molecule has 0 saturated carbocycles. The van der Waals surface area contributed by atoms with Gasteiger partial charge in [-0.15, -0.1) is 0 Å². The van der Waals surface area contributed by atoms with Crippen LogP contribution < -0.4 is 9.47 Å². The molecule has 2 aromatic carbocycles. The van der Waals surface area contributed by atoms with Crippen LogP contribution in [0.25, 0.3) is 6.08 Å². The first kappa shape index (κ1) is 18.7. The Bertz CT molecular complexity index is 855. The molecule has 7 heteroatoms. The fourth-order valence-corrected chi connectivity index (χ4v) is 2.73. The molecule has 0 fully saturated rings. The molecule has 2 rings (SSSR count). The zero-order valence-corrected chi connectivity index (χ0v) is 14.9. The molecule has 5 nitrogen and oxygen atoms in total. The van der Waals surface area contributed by atoms with Crippen molar-refractivity contribution in [2.45, 2.75) is 0 Å². The number of halogens is 2. The van der Waals surface area contributed by atoms with E-state index in [9.17, 15) is 15.2 Å². The topological polar surface area (TPSA) is 79.5 Å². The Kier molecular flexibility index (Phi) is 5.92. The van der Waals surface area contributed by atoms with Crippen LogP contribution >= 0.6 is 23.2 Å². The van der Waals surface area contributed by atoms with E-state index >= 15 is 0 Å². The van der Waals surface area contributed by atoms with Crippen molar-refractivity contribution in [2.24, 2.45) is 0 Å². The maximum Gasteiger partial charge on any atom is 0.206 e. The highest BCUT2D eigenvalue weighted by atomic mass is 35.5. The van der Waals surface area contributed by atoms with Crippen molar-refractivity contribution in [1.82, 2.24) is 0 Å². The van der Waals surface area contributed by atoms with Crippen molar-refractivity contribution >= 4 is 35.1 Å². The molecule has 128 valence electrons. The average molecular weight is 378 g/mol. The molecule has 0 atom stereocenters. The van der Waals surface area contributed by atoms with Crippen LogP contribution in [0.15, 0.2) is 35.9 Å². The van der Waals surface area contributed by atoms with Crippen molar-refractivity contribution in [1.29, 1.82) is 5.26 Å². The summed E-state index contributed by atoms with van der Waals surface area (Å²) in [6.45, 7) is 0. The molecule has 0 saturated heterocycles. The van der Waals surface area contributed by atoms with E-state index in [1.54, 1.807) is 6.07 Å². The van der Waals surface area contributed by atoms with Gasteiger partial charge in [-0.1, -0.05) is 29.3 Å². The highest BCUT2D eigenvalue weighted by molar-refractivity contribution is 6.41. The number of nitriles is 1. The lowest BCUT2D eigenvalue weighted by atomic mass is 10.0. The maximum absolute atomic E-state index is 12.6. The van der Waals surface area contributed by atoms with E-state index in [-0.39, 0.29) is 38.4 Å². The second-order valence-corrected chi connectivity index (χ2v) is 5.68. The molecular weight excluding hydrogens is 365 g/mol. The number of phenolic OH excluding ortho intramolecular Hbond substituents is 1. The van der Waals surface area contributed by atoms with Crippen LogP contribution in [0.3, 0.4) is 0 Å². The quantitative estimate of drug-likeness (QED) is 0.471. The van der Waals surface area contributed by atoms with E-state index in [4.69, 9.17) is 32.7 Å². The summed E-state index contributed by atoms with van der Waals surface area (Å²) in [5.41, 5.74) is 0.306. The number of nitrogens with zero attached hydrogens (tertiary/aromatic N) is 1. The summed E-state index contributed by atoms with van der Waals surface area (Å²) in [6.07, 6.45) is 1.34. The number of phenols is 1. The monoisotopic (exact) mass is 377 g/mol. The summed E-state index contributed by atoms with van der Waals surface area (Å²) in [4.78, 5) is 12.6. The van der Waals surface area contributed by atoms with E-state index in [1.165, 1.54) is 44.6 Å². The number of ketones is 1. The summed E-state index contributed by atoms with van der Waals surface area (Å²) >= 11 is 12.1. The van der Waals surface area contributed by atoms with Gasteiger partial charge in [0, 0.05) is 0 Å². The third kappa shape index (κ3) is 3.87. The van der Waals surface area contributed by atoms with Crippen LogP contribution in [0.4, 0.5) is 0 Å². The predicted octanol–water partition coefficient (Wildman–Crippen LogP) is 4.51. The van der Waals surface area contributed by atoms with Crippen molar-refractivity contribution in [2.75, 3.05) is 14.2 Å². The molecule has 2 aromatic rings. The van der Waals surface area contributed by atoms with E-state index < -0.39 is 5.78 Å². The SMILES string of the molecule is COc1cc(C=C(C#N)C(=O)c2c(Cl)cccc2Cl)cc(OC)c1O. The minimum Gasteiger partial charge on any atom is -0.502 e. The van der Waals surface area contributed by atoms with Crippen LogP contribution in [0.2, 0.25) is 10.0 Å². The highest BCUT2D eigenvalue weighted by Gasteiger charge is 2.19. The van der Waals surface area contributed by atoms with E-state index in [0.29, 0.717) is 5.56 Å². The Balaban J connectivity index is 2.55. The zero-order chi connectivity index (χ0) is 18.6. The minimum atomic E-state index is -0.607. The van der Waals surface area contributed by atoms with Gasteiger partial charge in [0.15, 0.2) is 11.5 Å². The molecule has 0 aliphatic rings. The third-order valence-corrected chi connectivity index (χ3v) is 4.00. The third-order valence-electron chi connectivity index (χ3n) is 3.37. The van der Waals surface area contributed by atoms with Crippen LogP contribution in [0.1, 0.15) is 15.9 Å². The van der Waals surface area contributed by atoms with Crippen molar-refractivity contribution < 1.29 is 19.4 Å². The summed E-state index contributed by atoms with van der Waals surface area (Å²) in [7, 11) is 2.75. The second-order valence-electron chi connectivity index (χ2n) is 4.87. The van der Waals surface area contributed by atoms with E-state index in [1.807, 2.05) is 6.07 Å². The molecule has 0 bridgehead atoms. The lowest BCUT2D eigenvalue weighted by Crippen LogP contribution is -2.04. The lowest BCUT2D eigenvalue weighted by molar-refractivity contribution is 0.104. The molecular formula is C18H13Cl2NO4. The number of hydrogen-bond acceptors (Lipinski definition) is 5. The van der Waals surface area contributed by atoms with Gasteiger partial charge in [-0.2, -0.15) is 5.26 Å². The summed E-state index contributed by atoms with van der Waals surface area (Å²) < 4.78 is 10.1. The molecule has 0 heterocycles. The first-order valence-corrected chi connectivity index (χ1v) is 7.74. The molecule has 0 aromatic heterocycles. The van der Waals surface area contributed by atoms with Gasteiger partial charge in [0.2, 0.25) is 11.5 Å². The van der Waals surface area contributed by atoms with Gasteiger partial charge in [-0.3, -0.25) is 4.79 Å². The fourth-order valence-electron chi connectivity index (χ4n) is 2.16. The summed E-state index contributed by atoms with van der Waals surface area (Å²) in [5, 5.41) is 19.6. The van der Waals surface area contributed by atoms with Gasteiger partial charge in [0.05, 0.1) is 29.8 Å². The highest BCUT2D eigenvalue weighted by Crippen LogP contribution is 2.38. The van der Waals surface area contributed by atoms with Crippen molar-refractivity contribution in [3.63, 3.8) is 0 Å². The number of aromatic hydroxyl groups is 1. The number of hydrogen-bond donors (Lipinski definition) is 1. The van der Waals surface area contributed by atoms with Gasteiger partial charge < -0.3 is 14.6 Å². The number of carbonyl (C=O) groups is 1. The molecule has 1 N–H and O–H groups in total. The van der Waals surface area contributed by atoms with Crippen LogP contribution in [0.5, 0.6) is 17.2 Å². The average Bonchev–Trinajstić information content (AvgIpc) is 2.60. The number of carbonyl (C=O) groups excluding carboxylic acids is 1. The van der Waals surface area contributed by atoms with Gasteiger partial charge >= 0.3 is 0 Å². The normalized spacial score (nSPS) is 10.9. The minimum absolute atomic E-state index is 0.0522. The second kappa shape index (κ2) is 7.93. The van der Waals surface area contributed by atoms with Crippen LogP contribution in [-0.2, 0) is 0 Å². The molecule has 0 radical (unpaired) electrons. The molecule has 25 heavy (non-hydrogen) atoms. The van der Waals surface area contributed by atoms with Crippen LogP contribution in [0, 0.1) is 11.3 Å². The van der Waals surface area contributed by atoms with Crippen LogP contribution in [-0.4, -0.2) is 25.1 Å².